The van der Waals surface area contributed by atoms with Crippen molar-refractivity contribution >= 4 is 17.4 Å². The van der Waals surface area contributed by atoms with Crippen LogP contribution in [-0.2, 0) is 0 Å². The number of benzene rings is 1. The van der Waals surface area contributed by atoms with Crippen LogP contribution in [0.4, 0.5) is 5.82 Å². The number of tetrazole rings is 1. The maximum absolute atomic E-state index is 13.5. The highest BCUT2D eigenvalue weighted by Gasteiger charge is 2.21. The lowest BCUT2D eigenvalue weighted by Crippen LogP contribution is -2.25. The molecule has 0 fully saturated rings. The Morgan fingerprint density at radius 1 is 1.05 bits per heavy atom. The minimum Gasteiger partial charge on any atom is -0.495 e. The van der Waals surface area contributed by atoms with Crippen molar-refractivity contribution in [3.05, 3.63) is 94.5 Å². The molecule has 0 radical (unpaired) electrons. The summed E-state index contributed by atoms with van der Waals surface area (Å²) in [7, 11) is 1.56. The Kier molecular flexibility index (Phi) is 6.65. The molecule has 1 unspecified atom stereocenters. The molecule has 1 aromatic carbocycles. The normalized spacial score (nSPS) is 11.9. The van der Waals surface area contributed by atoms with Crippen molar-refractivity contribution in [3.63, 3.8) is 0 Å². The maximum atomic E-state index is 13.5. The number of nitrogens with two attached hydrogens (primary N) is 1. The molecular formula is C26H23ClN8O2. The number of hydrogen-bond donors (Lipinski definition) is 1. The van der Waals surface area contributed by atoms with E-state index in [-0.39, 0.29) is 11.6 Å². The molecule has 0 aliphatic heterocycles. The highest BCUT2D eigenvalue weighted by atomic mass is 35.5. The van der Waals surface area contributed by atoms with Gasteiger partial charge in [-0.05, 0) is 64.9 Å². The van der Waals surface area contributed by atoms with Crippen molar-refractivity contribution in [3.8, 4) is 33.7 Å². The summed E-state index contributed by atoms with van der Waals surface area (Å²) < 4.78 is 8.88. The standard InChI is InChI=1S/C26H23ClN8O2/c1-3-22(21-10-16(8-9-29-21)17-4-7-25(28)30-13-17)34-14-24(37-2)20(12-26(34)36)19-11-18(27)5-6-23(19)35-15-31-32-33-35/h4-15,22H,3H2,1-2H3,(H2,28,30). The van der Waals surface area contributed by atoms with Crippen LogP contribution < -0.4 is 16.0 Å². The van der Waals surface area contributed by atoms with E-state index in [0.29, 0.717) is 39.8 Å². The van der Waals surface area contributed by atoms with Gasteiger partial charge < -0.3 is 15.0 Å². The van der Waals surface area contributed by atoms with E-state index in [1.807, 2.05) is 25.1 Å². The number of nitrogens with zero attached hydrogens (tertiary/aromatic N) is 7. The fraction of sp³-hybridized carbons (Fsp3) is 0.154. The summed E-state index contributed by atoms with van der Waals surface area (Å²) in [4.78, 5) is 22.3. The van der Waals surface area contributed by atoms with Gasteiger partial charge in [0.1, 0.15) is 17.9 Å². The van der Waals surface area contributed by atoms with Crippen LogP contribution in [0.2, 0.25) is 5.02 Å². The quantitative estimate of drug-likeness (QED) is 0.342. The van der Waals surface area contributed by atoms with Gasteiger partial charge in [0, 0.05) is 40.2 Å². The number of aromatic nitrogens is 7. The lowest BCUT2D eigenvalue weighted by atomic mass is 10.0. The van der Waals surface area contributed by atoms with Crippen LogP contribution in [0.15, 0.2) is 78.2 Å². The first-order valence-corrected chi connectivity index (χ1v) is 11.9. The van der Waals surface area contributed by atoms with Crippen molar-refractivity contribution in [1.82, 2.24) is 34.7 Å². The molecular weight excluding hydrogens is 492 g/mol. The number of rotatable bonds is 7. The first kappa shape index (κ1) is 24.1. The molecule has 0 amide bonds. The first-order valence-electron chi connectivity index (χ1n) is 11.5. The zero-order chi connectivity index (χ0) is 25.9. The SMILES string of the molecule is CCC(c1cc(-c2ccc(N)nc2)ccn1)n1cc(OC)c(-c2cc(Cl)ccc2-n2cnnn2)cc1=O. The lowest BCUT2D eigenvalue weighted by molar-refractivity contribution is 0.405. The molecule has 0 aliphatic carbocycles. The third-order valence-corrected chi connectivity index (χ3v) is 6.31. The Balaban J connectivity index is 1.60. The van der Waals surface area contributed by atoms with Gasteiger partial charge in [0.05, 0.1) is 30.7 Å². The smallest absolute Gasteiger partial charge is 0.252 e. The van der Waals surface area contributed by atoms with Gasteiger partial charge in [-0.15, -0.1) is 5.10 Å². The lowest BCUT2D eigenvalue weighted by Gasteiger charge is -2.21. The van der Waals surface area contributed by atoms with Gasteiger partial charge in [0.25, 0.3) is 5.56 Å². The summed E-state index contributed by atoms with van der Waals surface area (Å²) >= 11 is 6.32. The van der Waals surface area contributed by atoms with Gasteiger partial charge in [0.2, 0.25) is 0 Å². The second-order valence-corrected chi connectivity index (χ2v) is 8.72. The molecule has 0 saturated heterocycles. The Hall–Kier alpha value is -4.57. The highest BCUT2D eigenvalue weighted by Crippen LogP contribution is 2.36. The van der Waals surface area contributed by atoms with Crippen molar-refractivity contribution in [1.29, 1.82) is 0 Å². The molecule has 0 bridgehead atoms. The van der Waals surface area contributed by atoms with Crippen molar-refractivity contribution in [2.75, 3.05) is 12.8 Å². The zero-order valence-electron chi connectivity index (χ0n) is 20.1. The molecule has 37 heavy (non-hydrogen) atoms. The van der Waals surface area contributed by atoms with Crippen LogP contribution >= 0.6 is 11.6 Å². The number of nitrogen functional groups attached to an aromatic ring is 1. The largest absolute Gasteiger partial charge is 0.495 e. The van der Waals surface area contributed by atoms with Crippen LogP contribution in [0.25, 0.3) is 27.9 Å². The number of anilines is 1. The summed E-state index contributed by atoms with van der Waals surface area (Å²) in [6.07, 6.45) is 7.25. The summed E-state index contributed by atoms with van der Waals surface area (Å²) in [6, 6.07) is 14.0. The number of ether oxygens (including phenoxy) is 1. The summed E-state index contributed by atoms with van der Waals surface area (Å²) in [5.74, 6) is 0.944. The minimum absolute atomic E-state index is 0.216. The molecule has 4 heterocycles. The summed E-state index contributed by atoms with van der Waals surface area (Å²) in [5, 5.41) is 11.9. The first-order chi connectivity index (χ1) is 18.0. The van der Waals surface area contributed by atoms with Gasteiger partial charge in [-0.3, -0.25) is 9.78 Å². The topological polar surface area (TPSA) is 127 Å². The van der Waals surface area contributed by atoms with E-state index < -0.39 is 0 Å². The van der Waals surface area contributed by atoms with Crippen molar-refractivity contribution < 1.29 is 4.74 Å². The van der Waals surface area contributed by atoms with Crippen LogP contribution in [0.3, 0.4) is 0 Å². The van der Waals surface area contributed by atoms with Crippen LogP contribution in [0.5, 0.6) is 5.75 Å². The van der Waals surface area contributed by atoms with Crippen LogP contribution in [-0.4, -0.2) is 41.9 Å². The molecule has 2 N–H and O–H groups in total. The molecule has 0 spiro atoms. The number of hydrogen-bond acceptors (Lipinski definition) is 8. The van der Waals surface area contributed by atoms with E-state index in [2.05, 4.69) is 25.5 Å². The maximum Gasteiger partial charge on any atom is 0.252 e. The molecule has 0 saturated carbocycles. The zero-order valence-corrected chi connectivity index (χ0v) is 20.9. The molecule has 11 heteroatoms. The number of pyridine rings is 3. The van der Waals surface area contributed by atoms with Gasteiger partial charge in [0.15, 0.2) is 0 Å². The van der Waals surface area contributed by atoms with Gasteiger partial charge in [-0.25, -0.2) is 4.98 Å². The van der Waals surface area contributed by atoms with E-state index in [1.54, 1.807) is 54.5 Å². The molecule has 1 atom stereocenters. The molecule has 186 valence electrons. The number of halogens is 1. The fourth-order valence-electron chi connectivity index (χ4n) is 4.28. The van der Waals surface area contributed by atoms with Gasteiger partial charge >= 0.3 is 0 Å². The Bertz CT molecular complexity index is 1600. The number of methoxy groups -OCH3 is 1. The molecule has 5 rings (SSSR count). The molecule has 0 aliphatic rings. The second kappa shape index (κ2) is 10.2. The fourth-order valence-corrected chi connectivity index (χ4v) is 4.45. The molecule has 4 aromatic heterocycles. The van der Waals surface area contributed by atoms with E-state index in [4.69, 9.17) is 22.1 Å². The minimum atomic E-state index is -0.324. The monoisotopic (exact) mass is 514 g/mol. The van der Waals surface area contributed by atoms with Crippen molar-refractivity contribution in [2.45, 2.75) is 19.4 Å². The van der Waals surface area contributed by atoms with E-state index in [0.717, 1.165) is 16.8 Å². The predicted molar refractivity (Wildman–Crippen MR) is 141 cm³/mol. The molecule has 5 aromatic rings. The van der Waals surface area contributed by atoms with Crippen LogP contribution in [0, 0.1) is 0 Å². The van der Waals surface area contributed by atoms with E-state index in [1.165, 1.54) is 17.1 Å². The van der Waals surface area contributed by atoms with E-state index in [9.17, 15) is 4.79 Å². The average molecular weight is 515 g/mol. The third-order valence-electron chi connectivity index (χ3n) is 6.07. The van der Waals surface area contributed by atoms with Gasteiger partial charge in [-0.1, -0.05) is 18.5 Å². The Morgan fingerprint density at radius 3 is 2.62 bits per heavy atom. The summed E-state index contributed by atoms with van der Waals surface area (Å²) in [5.41, 5.74) is 9.98. The second-order valence-electron chi connectivity index (χ2n) is 8.28. The van der Waals surface area contributed by atoms with Crippen molar-refractivity contribution in [2.24, 2.45) is 0 Å². The third kappa shape index (κ3) is 4.78. The Labute approximate surface area is 217 Å². The van der Waals surface area contributed by atoms with Gasteiger partial charge in [-0.2, -0.15) is 4.68 Å². The van der Waals surface area contributed by atoms with Crippen LogP contribution in [0.1, 0.15) is 25.1 Å². The molecule has 10 nitrogen and oxygen atoms in total. The predicted octanol–water partition coefficient (Wildman–Crippen LogP) is 4.19. The Morgan fingerprint density at radius 2 is 1.92 bits per heavy atom. The van der Waals surface area contributed by atoms with E-state index >= 15 is 0 Å². The summed E-state index contributed by atoms with van der Waals surface area (Å²) in [6.45, 7) is 2.00. The average Bonchev–Trinajstić information content (AvgIpc) is 3.45. The highest BCUT2D eigenvalue weighted by molar-refractivity contribution is 6.31.